The number of ether oxygens (including phenoxy) is 4. The van der Waals surface area contributed by atoms with Gasteiger partial charge in [0.15, 0.2) is 23.0 Å². The molecule has 2 aromatic carbocycles. The maximum absolute atomic E-state index is 11.9. The Morgan fingerprint density at radius 3 is 2.19 bits per heavy atom. The Labute approximate surface area is 211 Å². The molecule has 1 aliphatic rings. The fourth-order valence-electron chi connectivity index (χ4n) is 4.43. The minimum atomic E-state index is -0.556. The van der Waals surface area contributed by atoms with Crippen molar-refractivity contribution in [1.29, 1.82) is 0 Å². The van der Waals surface area contributed by atoms with Gasteiger partial charge in [0, 0.05) is 39.0 Å². The number of aryl methyl sites for hydroxylation is 1. The quantitative estimate of drug-likeness (QED) is 0.471. The van der Waals surface area contributed by atoms with E-state index in [1.807, 2.05) is 0 Å². The smallest absolute Gasteiger partial charge is 0.302 e. The van der Waals surface area contributed by atoms with E-state index in [0.717, 1.165) is 16.7 Å². The predicted molar refractivity (Wildman–Crippen MR) is 132 cm³/mol. The van der Waals surface area contributed by atoms with Crippen molar-refractivity contribution in [3.63, 3.8) is 0 Å². The summed E-state index contributed by atoms with van der Waals surface area (Å²) < 4.78 is 21.8. The van der Waals surface area contributed by atoms with E-state index in [-0.39, 0.29) is 17.4 Å². The predicted octanol–water partition coefficient (Wildman–Crippen LogP) is 4.03. The maximum atomic E-state index is 11.9. The first-order chi connectivity index (χ1) is 17.2. The molecule has 0 fully saturated rings. The van der Waals surface area contributed by atoms with Gasteiger partial charge >= 0.3 is 11.9 Å². The Morgan fingerprint density at radius 1 is 0.861 bits per heavy atom. The highest BCUT2D eigenvalue weighted by atomic mass is 16.6. The molecule has 0 aromatic heterocycles. The van der Waals surface area contributed by atoms with Gasteiger partial charge in [-0.15, -0.1) is 0 Å². The molecule has 0 heterocycles. The number of phenolic OH excluding ortho intramolecular Hbond substituents is 2. The number of esters is 2. The number of hydrogen-bond donors (Lipinski definition) is 2. The Kier molecular flexibility index (Phi) is 9.07. The van der Waals surface area contributed by atoms with Crippen molar-refractivity contribution in [3.05, 3.63) is 47.0 Å². The molecule has 2 aromatic rings. The van der Waals surface area contributed by atoms with Gasteiger partial charge in [0.2, 0.25) is 0 Å². The highest BCUT2D eigenvalue weighted by Gasteiger charge is 2.26. The first-order valence-electron chi connectivity index (χ1n) is 11.8. The molecule has 2 N–H and O–H groups in total. The van der Waals surface area contributed by atoms with Gasteiger partial charge in [0.1, 0.15) is 12.2 Å². The molecule has 3 rings (SSSR count). The van der Waals surface area contributed by atoms with Crippen LogP contribution in [0.1, 0.15) is 55.7 Å². The lowest BCUT2D eigenvalue weighted by molar-refractivity contribution is -0.153. The standard InChI is InChI=1S/C28H32O8/c1-17(29)35-23-10-8-21-15-28(34-4)26(32)13-20(21)7-5-6-19(12-24(16-23)36-18(2)30)22-9-11-25(31)27(14-22)33-3/h9,11,13-15,19,23-24,31-32H,7-8,10,12,16H2,1-4H3. The first kappa shape index (κ1) is 26.7. The Balaban J connectivity index is 2.07. The number of aromatic hydroxyl groups is 2. The van der Waals surface area contributed by atoms with Crippen LogP contribution in [0.5, 0.6) is 23.0 Å². The molecule has 0 radical (unpaired) electrons. The van der Waals surface area contributed by atoms with Gasteiger partial charge in [-0.1, -0.05) is 17.9 Å². The van der Waals surface area contributed by atoms with E-state index >= 15 is 0 Å². The third-order valence-electron chi connectivity index (χ3n) is 6.09. The SMILES string of the molecule is COc1cc(C2C#CCc3cc(O)c(OC)cc3CCC(OC(C)=O)CC(OC(C)=O)C2)ccc1O. The van der Waals surface area contributed by atoms with E-state index in [9.17, 15) is 19.8 Å². The molecule has 3 atom stereocenters. The molecule has 0 spiro atoms. The average molecular weight is 497 g/mol. The first-order valence-corrected chi connectivity index (χ1v) is 11.8. The maximum Gasteiger partial charge on any atom is 0.302 e. The molecule has 0 saturated heterocycles. The van der Waals surface area contributed by atoms with Crippen LogP contribution in [0.2, 0.25) is 0 Å². The molecule has 192 valence electrons. The van der Waals surface area contributed by atoms with Gasteiger partial charge in [0.25, 0.3) is 0 Å². The van der Waals surface area contributed by atoms with E-state index in [4.69, 9.17) is 18.9 Å². The minimum Gasteiger partial charge on any atom is -0.504 e. The van der Waals surface area contributed by atoms with Crippen LogP contribution in [0.15, 0.2) is 30.3 Å². The van der Waals surface area contributed by atoms with Crippen molar-refractivity contribution in [3.8, 4) is 34.8 Å². The monoisotopic (exact) mass is 496 g/mol. The number of benzene rings is 2. The van der Waals surface area contributed by atoms with Crippen molar-refractivity contribution in [2.24, 2.45) is 0 Å². The number of fused-ring (bicyclic) bond motifs is 1. The fourth-order valence-corrected chi connectivity index (χ4v) is 4.43. The second-order valence-corrected chi connectivity index (χ2v) is 8.75. The van der Waals surface area contributed by atoms with Crippen molar-refractivity contribution in [1.82, 2.24) is 0 Å². The molecule has 0 bridgehead atoms. The number of phenols is 2. The van der Waals surface area contributed by atoms with Crippen LogP contribution >= 0.6 is 0 Å². The molecular formula is C28H32O8. The van der Waals surface area contributed by atoms with Crippen LogP contribution in [-0.4, -0.2) is 48.6 Å². The topological polar surface area (TPSA) is 112 Å². The minimum absolute atomic E-state index is 0.00664. The van der Waals surface area contributed by atoms with Crippen molar-refractivity contribution >= 4 is 11.9 Å². The molecular weight excluding hydrogens is 464 g/mol. The van der Waals surface area contributed by atoms with Crippen LogP contribution in [-0.2, 0) is 31.9 Å². The Hall–Kier alpha value is -3.86. The van der Waals surface area contributed by atoms with Crippen LogP contribution < -0.4 is 9.47 Å². The summed E-state index contributed by atoms with van der Waals surface area (Å²) in [6.45, 7) is 2.69. The lowest BCUT2D eigenvalue weighted by Gasteiger charge is -2.26. The average Bonchev–Trinajstić information content (AvgIpc) is 2.81. The number of methoxy groups -OCH3 is 2. The zero-order valence-corrected chi connectivity index (χ0v) is 21.0. The van der Waals surface area contributed by atoms with Gasteiger partial charge in [-0.25, -0.2) is 0 Å². The van der Waals surface area contributed by atoms with Crippen LogP contribution in [0, 0.1) is 11.8 Å². The van der Waals surface area contributed by atoms with Gasteiger partial charge in [0.05, 0.1) is 14.2 Å². The van der Waals surface area contributed by atoms with Crippen LogP contribution in [0.4, 0.5) is 0 Å². The molecule has 36 heavy (non-hydrogen) atoms. The molecule has 0 amide bonds. The summed E-state index contributed by atoms with van der Waals surface area (Å²) >= 11 is 0. The van der Waals surface area contributed by atoms with Crippen LogP contribution in [0.3, 0.4) is 0 Å². The fraction of sp³-hybridized carbons (Fsp3) is 0.429. The number of carbonyl (C=O) groups is 2. The molecule has 1 aliphatic carbocycles. The summed E-state index contributed by atoms with van der Waals surface area (Å²) in [6.07, 6.45) is 1.02. The summed E-state index contributed by atoms with van der Waals surface area (Å²) in [4.78, 5) is 23.8. The zero-order chi connectivity index (χ0) is 26.2. The Morgan fingerprint density at radius 2 is 1.53 bits per heavy atom. The second kappa shape index (κ2) is 12.2. The van der Waals surface area contributed by atoms with Gasteiger partial charge in [-0.2, -0.15) is 0 Å². The zero-order valence-electron chi connectivity index (χ0n) is 21.0. The molecule has 8 nitrogen and oxygen atoms in total. The highest BCUT2D eigenvalue weighted by molar-refractivity contribution is 5.66. The van der Waals surface area contributed by atoms with Crippen molar-refractivity contribution in [2.45, 2.75) is 64.1 Å². The lowest BCUT2D eigenvalue weighted by atomic mass is 9.89. The molecule has 0 saturated carbocycles. The summed E-state index contributed by atoms with van der Waals surface area (Å²) in [6, 6.07) is 8.42. The summed E-state index contributed by atoms with van der Waals surface area (Å²) in [5, 5.41) is 20.4. The summed E-state index contributed by atoms with van der Waals surface area (Å²) in [7, 11) is 2.95. The third-order valence-corrected chi connectivity index (χ3v) is 6.09. The molecule has 0 aliphatic heterocycles. The van der Waals surface area contributed by atoms with Crippen molar-refractivity contribution in [2.75, 3.05) is 14.2 Å². The van der Waals surface area contributed by atoms with E-state index in [1.54, 1.807) is 24.3 Å². The number of rotatable bonds is 5. The molecule has 3 unspecified atom stereocenters. The normalized spacial score (nSPS) is 19.8. The largest absolute Gasteiger partial charge is 0.504 e. The highest BCUT2D eigenvalue weighted by Crippen LogP contribution is 2.34. The number of carbonyl (C=O) groups excluding carboxylic acids is 2. The number of hydrogen-bond acceptors (Lipinski definition) is 8. The second-order valence-electron chi connectivity index (χ2n) is 8.75. The van der Waals surface area contributed by atoms with Gasteiger partial charge < -0.3 is 29.2 Å². The van der Waals surface area contributed by atoms with E-state index in [0.29, 0.717) is 43.6 Å². The lowest BCUT2D eigenvalue weighted by Crippen LogP contribution is -2.28. The summed E-state index contributed by atoms with van der Waals surface area (Å²) in [5.74, 6) is 5.96. The van der Waals surface area contributed by atoms with E-state index in [2.05, 4.69) is 11.8 Å². The summed E-state index contributed by atoms with van der Waals surface area (Å²) in [5.41, 5.74) is 2.55. The van der Waals surface area contributed by atoms with Crippen molar-refractivity contribution < 1.29 is 38.7 Å². The molecule has 8 heteroatoms. The third kappa shape index (κ3) is 7.08. The van der Waals surface area contributed by atoms with E-state index < -0.39 is 24.1 Å². The van der Waals surface area contributed by atoms with E-state index in [1.165, 1.54) is 34.1 Å². The van der Waals surface area contributed by atoms with Crippen LogP contribution in [0.25, 0.3) is 0 Å². The van der Waals surface area contributed by atoms with Gasteiger partial charge in [-0.3, -0.25) is 9.59 Å². The van der Waals surface area contributed by atoms with Gasteiger partial charge in [-0.05, 0) is 53.8 Å². The Bertz CT molecular complexity index is 1160.